The van der Waals surface area contributed by atoms with Crippen LogP contribution < -0.4 is 9.13 Å². The third kappa shape index (κ3) is 4.12. The second-order valence-electron chi connectivity index (χ2n) is 5.77. The number of carbonyl (C=O) groups is 2. The quantitative estimate of drug-likeness (QED) is 0.409. The number of para-hydroxylation sites is 1. The number of hydrogen-bond acceptors (Lipinski definition) is 2. The predicted octanol–water partition coefficient (Wildman–Crippen LogP) is 2.72. The van der Waals surface area contributed by atoms with E-state index in [1.165, 1.54) is 17.6 Å². The van der Waals surface area contributed by atoms with Crippen molar-refractivity contribution in [3.63, 3.8) is 0 Å². The Hall–Kier alpha value is -2.95. The van der Waals surface area contributed by atoms with Crippen molar-refractivity contribution in [2.75, 3.05) is 0 Å². The maximum atomic E-state index is 13.5. The third-order valence-corrected chi connectivity index (χ3v) is 3.93. The molecule has 128 valence electrons. The van der Waals surface area contributed by atoms with Gasteiger partial charge in [0.1, 0.15) is 14.1 Å². The molecule has 0 aliphatic rings. The summed E-state index contributed by atoms with van der Waals surface area (Å²) in [4.78, 5) is 22.2. The van der Waals surface area contributed by atoms with Crippen molar-refractivity contribution < 1.29 is 23.1 Å². The lowest BCUT2D eigenvalue weighted by atomic mass is 10.1. The maximum absolute atomic E-state index is 13.5. The lowest BCUT2D eigenvalue weighted by Gasteiger charge is -2.02. The first-order chi connectivity index (χ1) is 11.8. The Morgan fingerprint density at radius 3 is 2.12 bits per heavy atom. The number of aryl methyl sites for hydroxylation is 2. The van der Waals surface area contributed by atoms with Gasteiger partial charge in [0.2, 0.25) is 17.0 Å². The van der Waals surface area contributed by atoms with Crippen molar-refractivity contribution in [3.05, 3.63) is 71.9 Å². The first kappa shape index (κ1) is 18.4. The van der Waals surface area contributed by atoms with Crippen LogP contribution in [-0.4, -0.2) is 11.6 Å². The molecule has 0 radical (unpaired) electrons. The molecule has 0 aliphatic carbocycles. The van der Waals surface area contributed by atoms with Crippen LogP contribution in [0.25, 0.3) is 10.9 Å². The van der Waals surface area contributed by atoms with Gasteiger partial charge in [-0.25, -0.2) is 0 Å². The molecule has 3 aromatic rings. The van der Waals surface area contributed by atoms with Crippen LogP contribution in [0.5, 0.6) is 0 Å². The summed E-state index contributed by atoms with van der Waals surface area (Å²) in [5, 5.41) is 0.786. The van der Waals surface area contributed by atoms with Crippen LogP contribution in [0, 0.1) is 5.95 Å². The molecule has 2 heterocycles. The van der Waals surface area contributed by atoms with Crippen LogP contribution >= 0.6 is 0 Å². The van der Waals surface area contributed by atoms with Gasteiger partial charge in [0, 0.05) is 30.7 Å². The van der Waals surface area contributed by atoms with E-state index >= 15 is 0 Å². The normalized spacial score (nSPS) is 10.1. The molecule has 0 N–H and O–H groups in total. The minimum Gasteiger partial charge on any atom is -0.294 e. The average Bonchev–Trinajstić information content (AvgIpc) is 2.58. The summed E-state index contributed by atoms with van der Waals surface area (Å²) in [6.07, 6.45) is 1.86. The zero-order valence-corrected chi connectivity index (χ0v) is 14.8. The van der Waals surface area contributed by atoms with E-state index in [1.807, 2.05) is 54.2 Å². The molecule has 0 spiro atoms. The number of carbonyl (C=O) groups excluding carboxylic acids is 2. The molecular weight excluding hydrogens is 319 g/mol. The second-order valence-corrected chi connectivity index (χ2v) is 5.77. The zero-order chi connectivity index (χ0) is 18.6. The fraction of sp³-hybridized carbons (Fsp3) is 0.200. The van der Waals surface area contributed by atoms with Gasteiger partial charge in [-0.3, -0.25) is 9.59 Å². The lowest BCUT2D eigenvalue weighted by molar-refractivity contribution is -0.674. The molecule has 0 fully saturated rings. The Morgan fingerprint density at radius 2 is 1.56 bits per heavy atom. The fourth-order valence-electron chi connectivity index (χ4n) is 2.58. The summed E-state index contributed by atoms with van der Waals surface area (Å²) in [5.41, 5.74) is 1.89. The number of benzene rings is 1. The van der Waals surface area contributed by atoms with Crippen LogP contribution in [0.4, 0.5) is 4.39 Å². The van der Waals surface area contributed by atoms with Crippen LogP contribution in [0.3, 0.4) is 0 Å². The van der Waals surface area contributed by atoms with E-state index in [4.69, 9.17) is 0 Å². The molecule has 5 heteroatoms. The van der Waals surface area contributed by atoms with Crippen LogP contribution in [0.2, 0.25) is 0 Å². The van der Waals surface area contributed by atoms with Gasteiger partial charge >= 0.3 is 5.95 Å². The van der Waals surface area contributed by atoms with Gasteiger partial charge in [-0.2, -0.15) is 9.13 Å². The zero-order valence-electron chi connectivity index (χ0n) is 14.8. The van der Waals surface area contributed by atoms with Gasteiger partial charge in [0.15, 0.2) is 12.0 Å². The van der Waals surface area contributed by atoms with Crippen molar-refractivity contribution in [2.24, 2.45) is 14.1 Å². The summed E-state index contributed by atoms with van der Waals surface area (Å²) in [7, 11) is 3.50. The Balaban J connectivity index is 0.000000196. The van der Waals surface area contributed by atoms with Crippen LogP contribution in [-0.2, 0) is 14.1 Å². The molecule has 3 rings (SSSR count). The number of pyridine rings is 2. The molecule has 2 aromatic heterocycles. The molecule has 0 bridgehead atoms. The summed E-state index contributed by atoms with van der Waals surface area (Å²) >= 11 is 0. The molecular formula is C20H21FN2O2+2. The number of nitrogens with zero attached hydrogens (tertiary/aromatic N) is 2. The third-order valence-electron chi connectivity index (χ3n) is 3.93. The Kier molecular flexibility index (Phi) is 5.70. The van der Waals surface area contributed by atoms with Crippen molar-refractivity contribution in [1.82, 2.24) is 0 Å². The smallest absolute Gasteiger partial charge is 0.294 e. The van der Waals surface area contributed by atoms with Crippen molar-refractivity contribution in [1.29, 1.82) is 0 Å². The highest BCUT2D eigenvalue weighted by Crippen LogP contribution is 2.16. The number of Topliss-reactive ketones (excluding diaryl/α,β-unsaturated/α-hetero) is 2. The molecule has 0 aliphatic heterocycles. The Morgan fingerprint density at radius 1 is 0.920 bits per heavy atom. The fourth-order valence-corrected chi connectivity index (χ4v) is 2.58. The summed E-state index contributed by atoms with van der Waals surface area (Å²) in [6, 6.07) is 14.1. The lowest BCUT2D eigenvalue weighted by Crippen LogP contribution is -2.34. The standard InChI is InChI=1S/C12H11FNO.C8H10NO/c1-8(15)10-7-12(13)14(2)11-6-4-3-5-9(10)11;1-7(10)8-5-3-4-6-9(8)2/h3-7H,1-2H3;3-6H,1-2H3/q2*+1. The largest absolute Gasteiger partial charge is 0.360 e. The molecule has 0 saturated heterocycles. The molecule has 1 aromatic carbocycles. The Labute approximate surface area is 146 Å². The van der Waals surface area contributed by atoms with Crippen LogP contribution in [0.1, 0.15) is 34.7 Å². The highest BCUT2D eigenvalue weighted by Gasteiger charge is 2.17. The molecule has 0 atom stereocenters. The molecule has 25 heavy (non-hydrogen) atoms. The Bertz CT molecular complexity index is 952. The van der Waals surface area contributed by atoms with Crippen molar-refractivity contribution >= 4 is 22.5 Å². The van der Waals surface area contributed by atoms with Gasteiger partial charge in [0.25, 0.3) is 0 Å². The van der Waals surface area contributed by atoms with Crippen molar-refractivity contribution in [2.45, 2.75) is 13.8 Å². The van der Waals surface area contributed by atoms with Gasteiger partial charge in [-0.15, -0.1) is 4.39 Å². The van der Waals surface area contributed by atoms with E-state index in [0.29, 0.717) is 5.56 Å². The van der Waals surface area contributed by atoms with Gasteiger partial charge < -0.3 is 0 Å². The second kappa shape index (κ2) is 7.75. The highest BCUT2D eigenvalue weighted by molar-refractivity contribution is 6.05. The summed E-state index contributed by atoms with van der Waals surface area (Å²) < 4.78 is 16.7. The van der Waals surface area contributed by atoms with E-state index in [2.05, 4.69) is 0 Å². The topological polar surface area (TPSA) is 41.9 Å². The van der Waals surface area contributed by atoms with E-state index in [9.17, 15) is 14.0 Å². The van der Waals surface area contributed by atoms with E-state index < -0.39 is 5.95 Å². The number of rotatable bonds is 2. The predicted molar refractivity (Wildman–Crippen MR) is 92.7 cm³/mol. The number of ketones is 2. The average molecular weight is 340 g/mol. The SMILES string of the molecule is CC(=O)c1cc(F)[n+](C)c2ccccc12.CC(=O)c1cccc[n+]1C. The summed E-state index contributed by atoms with van der Waals surface area (Å²) in [5.74, 6) is -0.423. The maximum Gasteiger partial charge on any atom is 0.360 e. The minimum atomic E-state index is -0.404. The number of fused-ring (bicyclic) bond motifs is 1. The first-order valence-electron chi connectivity index (χ1n) is 7.86. The number of halogens is 1. The summed E-state index contributed by atoms with van der Waals surface area (Å²) in [6.45, 7) is 3.01. The highest BCUT2D eigenvalue weighted by atomic mass is 19.1. The first-order valence-corrected chi connectivity index (χ1v) is 7.86. The van der Waals surface area contributed by atoms with Gasteiger partial charge in [-0.05, 0) is 19.1 Å². The number of aromatic nitrogens is 2. The van der Waals surface area contributed by atoms with E-state index in [0.717, 1.165) is 16.6 Å². The monoisotopic (exact) mass is 340 g/mol. The van der Waals surface area contributed by atoms with E-state index in [1.54, 1.807) is 20.0 Å². The molecule has 0 unspecified atom stereocenters. The van der Waals surface area contributed by atoms with Crippen LogP contribution in [0.15, 0.2) is 54.7 Å². The molecule has 0 amide bonds. The molecule has 0 saturated carbocycles. The van der Waals surface area contributed by atoms with Gasteiger partial charge in [-0.1, -0.05) is 12.1 Å². The minimum absolute atomic E-state index is 0.100. The van der Waals surface area contributed by atoms with Crippen molar-refractivity contribution in [3.8, 4) is 0 Å². The van der Waals surface area contributed by atoms with Gasteiger partial charge in [0.05, 0.1) is 11.5 Å². The van der Waals surface area contributed by atoms with E-state index in [-0.39, 0.29) is 11.6 Å². The number of hydrogen-bond donors (Lipinski definition) is 0. The molecule has 4 nitrogen and oxygen atoms in total.